The molecule has 1 rings (SSSR count). The Labute approximate surface area is 92.6 Å². The molecule has 0 aromatic heterocycles. The molecule has 0 radical (unpaired) electrons. The van der Waals surface area contributed by atoms with Crippen LogP contribution >= 0.6 is 0 Å². The van der Waals surface area contributed by atoms with E-state index < -0.39 is 0 Å². The van der Waals surface area contributed by atoms with E-state index in [9.17, 15) is 0 Å². The maximum atomic E-state index is 4.54. The predicted molar refractivity (Wildman–Crippen MR) is 67.7 cm³/mol. The van der Waals surface area contributed by atoms with E-state index in [1.54, 1.807) is 0 Å². The summed E-state index contributed by atoms with van der Waals surface area (Å²) >= 11 is 0. The second-order valence-electron chi connectivity index (χ2n) is 3.82. The molecule has 0 unspecified atom stereocenters. The topological polar surface area (TPSA) is 12.4 Å². The van der Waals surface area contributed by atoms with E-state index in [0.29, 0.717) is 0 Å². The second kappa shape index (κ2) is 5.50. The van der Waals surface area contributed by atoms with Crippen LogP contribution in [-0.2, 0) is 0 Å². The van der Waals surface area contributed by atoms with Crippen LogP contribution in [-0.4, -0.2) is 12.3 Å². The molecule has 15 heavy (non-hydrogen) atoms. The van der Waals surface area contributed by atoms with Crippen molar-refractivity contribution in [2.24, 2.45) is 4.99 Å². The monoisotopic (exact) mass is 201 g/mol. The van der Waals surface area contributed by atoms with Crippen molar-refractivity contribution in [2.45, 2.75) is 27.2 Å². The molecule has 80 valence electrons. The summed E-state index contributed by atoms with van der Waals surface area (Å²) in [5, 5.41) is 0. The summed E-state index contributed by atoms with van der Waals surface area (Å²) < 4.78 is 0. The van der Waals surface area contributed by atoms with Gasteiger partial charge in [0.15, 0.2) is 0 Å². The smallest absolute Gasteiger partial charge is 0.0600 e. The first-order valence-corrected chi connectivity index (χ1v) is 5.38. The third kappa shape index (κ3) is 3.35. The molecule has 0 saturated heterocycles. The summed E-state index contributed by atoms with van der Waals surface area (Å²) in [5.74, 6) is 0. The Morgan fingerprint density at radius 1 is 1.33 bits per heavy atom. The standard InChI is InChI=1S/C14H19N/c1-5-11(2)10-15-13(4)14-9-7-6-8-12(14)3/h6-9H,2,5,10H2,1,3-4H3. The molecule has 1 aromatic rings. The van der Waals surface area contributed by atoms with Gasteiger partial charge in [-0.2, -0.15) is 0 Å². The Morgan fingerprint density at radius 2 is 2.00 bits per heavy atom. The molecule has 0 aliphatic heterocycles. The maximum Gasteiger partial charge on any atom is 0.0600 e. The van der Waals surface area contributed by atoms with E-state index in [0.717, 1.165) is 18.7 Å². The van der Waals surface area contributed by atoms with E-state index >= 15 is 0 Å². The highest BCUT2D eigenvalue weighted by Crippen LogP contribution is 2.09. The molecule has 0 aliphatic rings. The Kier molecular flexibility index (Phi) is 4.29. The van der Waals surface area contributed by atoms with Crippen LogP contribution in [0.1, 0.15) is 31.4 Å². The SMILES string of the molecule is C=C(CC)CN=C(C)c1ccccc1C. The number of aryl methyl sites for hydroxylation is 1. The van der Waals surface area contributed by atoms with Crippen molar-refractivity contribution in [1.82, 2.24) is 0 Å². The zero-order valence-electron chi connectivity index (χ0n) is 9.88. The molecule has 0 bridgehead atoms. The number of hydrogen-bond donors (Lipinski definition) is 0. The van der Waals surface area contributed by atoms with Crippen molar-refractivity contribution in [2.75, 3.05) is 6.54 Å². The first-order chi connectivity index (χ1) is 7.15. The third-order valence-electron chi connectivity index (χ3n) is 2.57. The fraction of sp³-hybridized carbons (Fsp3) is 0.357. The Morgan fingerprint density at radius 3 is 2.60 bits per heavy atom. The van der Waals surface area contributed by atoms with Crippen LogP contribution in [0, 0.1) is 6.92 Å². The largest absolute Gasteiger partial charge is 0.285 e. The van der Waals surface area contributed by atoms with Gasteiger partial charge in [-0.3, -0.25) is 4.99 Å². The fourth-order valence-corrected chi connectivity index (χ4v) is 1.41. The average Bonchev–Trinajstić information content (AvgIpc) is 2.26. The molecule has 1 heteroatoms. The summed E-state index contributed by atoms with van der Waals surface area (Å²) in [6.45, 7) is 11.0. The van der Waals surface area contributed by atoms with Gasteiger partial charge in [-0.25, -0.2) is 0 Å². The van der Waals surface area contributed by atoms with Crippen molar-refractivity contribution in [3.8, 4) is 0 Å². The molecule has 0 aliphatic carbocycles. The third-order valence-corrected chi connectivity index (χ3v) is 2.57. The number of hydrogen-bond acceptors (Lipinski definition) is 1. The summed E-state index contributed by atoms with van der Waals surface area (Å²) in [4.78, 5) is 4.54. The number of aliphatic imine (C=N–C) groups is 1. The van der Waals surface area contributed by atoms with Gasteiger partial charge in [0.25, 0.3) is 0 Å². The molecular formula is C14H19N. The first kappa shape index (κ1) is 11.7. The maximum absolute atomic E-state index is 4.54. The minimum Gasteiger partial charge on any atom is -0.285 e. The van der Waals surface area contributed by atoms with E-state index in [2.05, 4.69) is 56.6 Å². The highest BCUT2D eigenvalue weighted by Gasteiger charge is 1.99. The Bertz CT molecular complexity index is 375. The highest BCUT2D eigenvalue weighted by atomic mass is 14.7. The summed E-state index contributed by atoms with van der Waals surface area (Å²) in [5.41, 5.74) is 4.80. The lowest BCUT2D eigenvalue weighted by Crippen LogP contribution is -1.99. The van der Waals surface area contributed by atoms with Crippen molar-refractivity contribution < 1.29 is 0 Å². The molecule has 0 saturated carbocycles. The van der Waals surface area contributed by atoms with Crippen molar-refractivity contribution in [1.29, 1.82) is 0 Å². The lowest BCUT2D eigenvalue weighted by molar-refractivity contribution is 1.01. The quantitative estimate of drug-likeness (QED) is 0.519. The van der Waals surface area contributed by atoms with Gasteiger partial charge < -0.3 is 0 Å². The van der Waals surface area contributed by atoms with E-state index in [-0.39, 0.29) is 0 Å². The van der Waals surface area contributed by atoms with E-state index in [1.165, 1.54) is 16.7 Å². The molecule has 1 nitrogen and oxygen atoms in total. The van der Waals surface area contributed by atoms with Gasteiger partial charge in [-0.05, 0) is 31.4 Å². The number of benzene rings is 1. The van der Waals surface area contributed by atoms with Gasteiger partial charge in [0.05, 0.1) is 6.54 Å². The van der Waals surface area contributed by atoms with Crippen LogP contribution in [0.15, 0.2) is 41.4 Å². The van der Waals surface area contributed by atoms with Crippen LogP contribution in [0.4, 0.5) is 0 Å². The molecule has 0 spiro atoms. The van der Waals surface area contributed by atoms with E-state index in [4.69, 9.17) is 0 Å². The zero-order chi connectivity index (χ0) is 11.3. The highest BCUT2D eigenvalue weighted by molar-refractivity contribution is 5.99. The molecule has 0 amide bonds. The first-order valence-electron chi connectivity index (χ1n) is 5.38. The van der Waals surface area contributed by atoms with Gasteiger partial charge in [0, 0.05) is 5.71 Å². The zero-order valence-corrected chi connectivity index (χ0v) is 9.88. The van der Waals surface area contributed by atoms with Crippen LogP contribution in [0.3, 0.4) is 0 Å². The summed E-state index contributed by atoms with van der Waals surface area (Å²) in [6, 6.07) is 8.33. The molecule has 0 fully saturated rings. The minimum absolute atomic E-state index is 0.747. The fourth-order valence-electron chi connectivity index (χ4n) is 1.41. The summed E-state index contributed by atoms with van der Waals surface area (Å²) in [7, 11) is 0. The predicted octanol–water partition coefficient (Wildman–Crippen LogP) is 3.77. The van der Waals surface area contributed by atoms with Crippen molar-refractivity contribution in [3.63, 3.8) is 0 Å². The Balaban J connectivity index is 2.80. The number of rotatable bonds is 4. The van der Waals surface area contributed by atoms with Crippen molar-refractivity contribution >= 4 is 5.71 Å². The molecule has 0 atom stereocenters. The van der Waals surface area contributed by atoms with E-state index in [1.807, 2.05) is 0 Å². The molecule has 1 aromatic carbocycles. The van der Waals surface area contributed by atoms with Crippen LogP contribution in [0.5, 0.6) is 0 Å². The minimum atomic E-state index is 0.747. The molecule has 0 N–H and O–H groups in total. The van der Waals surface area contributed by atoms with Gasteiger partial charge in [-0.15, -0.1) is 0 Å². The Hall–Kier alpha value is -1.37. The second-order valence-corrected chi connectivity index (χ2v) is 3.82. The van der Waals surface area contributed by atoms with Crippen LogP contribution in [0.25, 0.3) is 0 Å². The normalized spacial score (nSPS) is 11.5. The van der Waals surface area contributed by atoms with Crippen molar-refractivity contribution in [3.05, 3.63) is 47.5 Å². The molecular weight excluding hydrogens is 182 g/mol. The van der Waals surface area contributed by atoms with Gasteiger partial charge in [0.1, 0.15) is 0 Å². The van der Waals surface area contributed by atoms with Gasteiger partial charge in [0.2, 0.25) is 0 Å². The molecule has 0 heterocycles. The average molecular weight is 201 g/mol. The van der Waals surface area contributed by atoms with Crippen LogP contribution < -0.4 is 0 Å². The lowest BCUT2D eigenvalue weighted by atomic mass is 10.1. The number of nitrogens with zero attached hydrogens (tertiary/aromatic N) is 1. The van der Waals surface area contributed by atoms with Gasteiger partial charge in [-0.1, -0.05) is 43.3 Å². The summed E-state index contributed by atoms with van der Waals surface area (Å²) in [6.07, 6.45) is 1.00. The lowest BCUT2D eigenvalue weighted by Gasteiger charge is -2.05. The van der Waals surface area contributed by atoms with Crippen LogP contribution in [0.2, 0.25) is 0 Å². The van der Waals surface area contributed by atoms with Gasteiger partial charge >= 0.3 is 0 Å².